The molecule has 0 saturated carbocycles. The number of aliphatic hydroxyl groups is 1. The van der Waals surface area contributed by atoms with Gasteiger partial charge in [-0.3, -0.25) is 4.48 Å². The number of piperidine rings is 1. The first-order chi connectivity index (χ1) is 7.17. The fraction of sp³-hybridized carbons (Fsp3) is 0.909. The van der Waals surface area contributed by atoms with Gasteiger partial charge in [-0.15, -0.1) is 0 Å². The van der Waals surface area contributed by atoms with E-state index in [2.05, 4.69) is 0 Å². The third kappa shape index (κ3) is 2.06. The van der Waals surface area contributed by atoms with Crippen molar-refractivity contribution in [3.63, 3.8) is 0 Å². The molecule has 0 aromatic heterocycles. The number of aliphatic hydroxyl groups excluding tert-OH is 1. The van der Waals surface area contributed by atoms with Crippen LogP contribution in [0.1, 0.15) is 33.6 Å². The van der Waals surface area contributed by atoms with Crippen molar-refractivity contribution in [3.8, 4) is 0 Å². The van der Waals surface area contributed by atoms with E-state index in [9.17, 15) is 14.3 Å². The smallest absolute Gasteiger partial charge is 0.257 e. The maximum Gasteiger partial charge on any atom is 0.257 e. The third-order valence-corrected chi connectivity index (χ3v) is 3.63. The number of likely N-dealkylation sites (tertiary alicyclic amines) is 1. The second kappa shape index (κ2) is 3.96. The molecule has 0 aromatic carbocycles. The van der Waals surface area contributed by atoms with Crippen molar-refractivity contribution in [2.24, 2.45) is 0 Å². The molecule has 1 amide bonds. The largest absolute Gasteiger partial charge is 0.498 e. The van der Waals surface area contributed by atoms with E-state index in [0.29, 0.717) is 13.0 Å². The van der Waals surface area contributed by atoms with E-state index in [1.807, 2.05) is 0 Å². The number of amides is 1. The normalized spacial score (nSPS) is 36.1. The molecule has 1 N–H and O–H groups in total. The van der Waals surface area contributed by atoms with Crippen molar-refractivity contribution in [1.82, 2.24) is 0 Å². The Bertz CT molecular complexity index is 289. The summed E-state index contributed by atoms with van der Waals surface area (Å²) in [5.41, 5.74) is -2.43. The molecular formula is C11H20FNO3. The Balaban J connectivity index is 3.09. The summed E-state index contributed by atoms with van der Waals surface area (Å²) in [4.78, 5) is 11.3. The topological polar surface area (TPSA) is 60.4 Å². The van der Waals surface area contributed by atoms with Crippen LogP contribution in [0.4, 0.5) is 9.18 Å². The van der Waals surface area contributed by atoms with Crippen LogP contribution in [0.5, 0.6) is 0 Å². The van der Waals surface area contributed by atoms with E-state index in [1.165, 1.54) is 0 Å². The van der Waals surface area contributed by atoms with Crippen LogP contribution < -0.4 is 5.11 Å². The number of hydrogen-bond acceptors (Lipinski definition) is 3. The molecule has 16 heavy (non-hydrogen) atoms. The van der Waals surface area contributed by atoms with E-state index in [-0.39, 0.29) is 13.0 Å². The minimum atomic E-state index is -1.80. The maximum atomic E-state index is 14.1. The van der Waals surface area contributed by atoms with Gasteiger partial charge in [0, 0.05) is 6.42 Å². The van der Waals surface area contributed by atoms with Crippen LogP contribution in [-0.4, -0.2) is 46.6 Å². The maximum absolute atomic E-state index is 14.1. The number of alkyl halides is 1. The quantitative estimate of drug-likeness (QED) is 0.668. The molecule has 0 radical (unpaired) electrons. The van der Waals surface area contributed by atoms with Gasteiger partial charge in [0.1, 0.15) is 6.54 Å². The lowest BCUT2D eigenvalue weighted by molar-refractivity contribution is -0.929. The fourth-order valence-electron chi connectivity index (χ4n) is 2.44. The molecule has 0 aliphatic carbocycles. The molecule has 5 heteroatoms. The molecule has 1 unspecified atom stereocenters. The Labute approximate surface area is 95.3 Å². The average molecular weight is 233 g/mol. The Kier molecular flexibility index (Phi) is 3.32. The molecule has 0 aromatic rings. The van der Waals surface area contributed by atoms with Crippen LogP contribution >= 0.6 is 0 Å². The molecule has 1 aliphatic heterocycles. The van der Waals surface area contributed by atoms with E-state index < -0.39 is 28.4 Å². The number of nitrogens with zero attached hydrogens (tertiary/aromatic N) is 1. The van der Waals surface area contributed by atoms with Crippen LogP contribution in [0, 0.1) is 0 Å². The van der Waals surface area contributed by atoms with Gasteiger partial charge >= 0.3 is 0 Å². The zero-order valence-electron chi connectivity index (χ0n) is 10.1. The molecular weight excluding hydrogens is 213 g/mol. The first-order valence-corrected chi connectivity index (χ1v) is 5.55. The number of carbonyl (C=O) groups is 1. The van der Waals surface area contributed by atoms with Gasteiger partial charge in [0.25, 0.3) is 6.09 Å². The van der Waals surface area contributed by atoms with Gasteiger partial charge in [-0.1, -0.05) is 0 Å². The highest BCUT2D eigenvalue weighted by molar-refractivity contribution is 5.55. The zero-order chi connectivity index (χ0) is 12.6. The highest BCUT2D eigenvalue weighted by atomic mass is 19.1. The summed E-state index contributed by atoms with van der Waals surface area (Å²) >= 11 is 0. The predicted octanol–water partition coefficient (Wildman–Crippen LogP) is 0.439. The van der Waals surface area contributed by atoms with Crippen LogP contribution in [0.2, 0.25) is 0 Å². The van der Waals surface area contributed by atoms with Gasteiger partial charge < -0.3 is 15.0 Å². The Morgan fingerprint density at radius 3 is 2.50 bits per heavy atom. The molecule has 1 fully saturated rings. The van der Waals surface area contributed by atoms with Crippen molar-refractivity contribution in [3.05, 3.63) is 0 Å². The van der Waals surface area contributed by atoms with Crippen LogP contribution in [0.3, 0.4) is 0 Å². The second-order valence-electron chi connectivity index (χ2n) is 5.70. The highest BCUT2D eigenvalue weighted by Gasteiger charge is 2.52. The number of halogens is 1. The number of quaternary nitrogens is 1. The standard InChI is InChI=1S/C11H20FNO3/c1-10(2,3)13(9(15)16)6-4-5-11(12,7-13)8-14/h14H,4-8H2,1-3H3/t11-,13?/m0/s1. The first-order valence-electron chi connectivity index (χ1n) is 5.55. The van der Waals surface area contributed by atoms with Crippen molar-refractivity contribution < 1.29 is 23.9 Å². The van der Waals surface area contributed by atoms with Crippen molar-refractivity contribution >= 4 is 6.09 Å². The van der Waals surface area contributed by atoms with Crippen LogP contribution in [-0.2, 0) is 0 Å². The molecule has 0 bridgehead atoms. The van der Waals surface area contributed by atoms with E-state index in [4.69, 9.17) is 5.11 Å². The first kappa shape index (κ1) is 13.4. The Morgan fingerprint density at radius 2 is 2.12 bits per heavy atom. The summed E-state index contributed by atoms with van der Waals surface area (Å²) in [7, 11) is 0. The molecule has 0 spiro atoms. The third-order valence-electron chi connectivity index (χ3n) is 3.63. The van der Waals surface area contributed by atoms with Gasteiger partial charge in [0.15, 0.2) is 5.67 Å². The van der Waals surface area contributed by atoms with Crippen molar-refractivity contribution in [2.75, 3.05) is 19.7 Å². The molecule has 2 atom stereocenters. The summed E-state index contributed by atoms with van der Waals surface area (Å²) in [6, 6.07) is 0. The van der Waals surface area contributed by atoms with E-state index >= 15 is 0 Å². The lowest BCUT2D eigenvalue weighted by Crippen LogP contribution is -2.73. The van der Waals surface area contributed by atoms with Gasteiger partial charge in [0.05, 0.1) is 18.7 Å². The summed E-state index contributed by atoms with van der Waals surface area (Å²) in [6.45, 7) is 4.78. The SMILES string of the molecule is CC(C)(C)[N+]1(C(=O)[O-])CCC[C@@](F)(CO)C1. The molecule has 94 valence electrons. The number of hydrogen-bond donors (Lipinski definition) is 1. The Morgan fingerprint density at radius 1 is 1.56 bits per heavy atom. The summed E-state index contributed by atoms with van der Waals surface area (Å²) in [6.07, 6.45) is -0.600. The zero-order valence-corrected chi connectivity index (χ0v) is 10.1. The van der Waals surface area contributed by atoms with Crippen LogP contribution in [0.15, 0.2) is 0 Å². The second-order valence-corrected chi connectivity index (χ2v) is 5.70. The fourth-order valence-corrected chi connectivity index (χ4v) is 2.44. The number of rotatable bonds is 1. The summed E-state index contributed by atoms with van der Waals surface area (Å²) in [5.74, 6) is 0. The van der Waals surface area contributed by atoms with E-state index in [0.717, 1.165) is 0 Å². The molecule has 1 aliphatic rings. The Hall–Kier alpha value is -0.680. The summed E-state index contributed by atoms with van der Waals surface area (Å²) in [5, 5.41) is 20.4. The monoisotopic (exact) mass is 233 g/mol. The average Bonchev–Trinajstić information content (AvgIpc) is 2.16. The minimum absolute atomic E-state index is 0.213. The van der Waals surface area contributed by atoms with E-state index in [1.54, 1.807) is 20.8 Å². The molecule has 1 rings (SSSR count). The number of carboxylic acid groups (broad SMARTS) is 1. The minimum Gasteiger partial charge on any atom is -0.498 e. The number of carbonyl (C=O) groups excluding carboxylic acids is 1. The van der Waals surface area contributed by atoms with Crippen molar-refractivity contribution in [1.29, 1.82) is 0 Å². The van der Waals surface area contributed by atoms with Gasteiger partial charge in [-0.2, -0.15) is 0 Å². The van der Waals surface area contributed by atoms with Gasteiger partial charge in [-0.25, -0.2) is 4.39 Å². The highest BCUT2D eigenvalue weighted by Crippen LogP contribution is 2.36. The predicted molar refractivity (Wildman–Crippen MR) is 55.3 cm³/mol. The van der Waals surface area contributed by atoms with Gasteiger partial charge in [-0.05, 0) is 27.2 Å². The lowest BCUT2D eigenvalue weighted by atomic mass is 9.88. The molecule has 1 heterocycles. The molecule has 1 saturated heterocycles. The van der Waals surface area contributed by atoms with Crippen molar-refractivity contribution in [2.45, 2.75) is 44.8 Å². The van der Waals surface area contributed by atoms with Gasteiger partial charge in [0.2, 0.25) is 0 Å². The lowest BCUT2D eigenvalue weighted by Gasteiger charge is -2.53. The van der Waals surface area contributed by atoms with Crippen LogP contribution in [0.25, 0.3) is 0 Å². The molecule has 4 nitrogen and oxygen atoms in total. The summed E-state index contributed by atoms with van der Waals surface area (Å²) < 4.78 is 13.7.